The van der Waals surface area contributed by atoms with Gasteiger partial charge in [0.2, 0.25) is 0 Å². The maximum absolute atomic E-state index is 11.5. The molecule has 0 fully saturated rings. The van der Waals surface area contributed by atoms with E-state index in [0.29, 0.717) is 0 Å². The molecular weight excluding hydrogens is 270 g/mol. The number of rotatable bonds is 8. The van der Waals surface area contributed by atoms with Crippen molar-refractivity contribution in [3.8, 4) is 0 Å². The standard InChI is InChI=1S/C12H23NO7/c1-12(2,3)9(17)6-20-13-4-7(15)10(18)11(19)8(16)5-14/h4,7-8,10-11,14-16,18-19H,5-6H2,1-3H3/b13-4+/t7-,8?,10-,11-/m1/s1. The summed E-state index contributed by atoms with van der Waals surface area (Å²) < 4.78 is 0. The Labute approximate surface area is 117 Å². The SMILES string of the molecule is CC(C)(C)C(=O)CO/N=C/[C@@H](O)[C@@H](O)[C@H](O)C(O)CO. The highest BCUT2D eigenvalue weighted by Gasteiger charge is 2.29. The lowest BCUT2D eigenvalue weighted by Crippen LogP contribution is -2.46. The summed E-state index contributed by atoms with van der Waals surface area (Å²) in [4.78, 5) is 16.1. The van der Waals surface area contributed by atoms with Crippen molar-refractivity contribution < 1.29 is 35.2 Å². The molecule has 8 nitrogen and oxygen atoms in total. The summed E-state index contributed by atoms with van der Waals surface area (Å²) in [6, 6.07) is 0. The minimum Gasteiger partial charge on any atom is -0.394 e. The third-order valence-corrected chi connectivity index (χ3v) is 2.60. The Kier molecular flexibility index (Phi) is 7.84. The zero-order valence-corrected chi connectivity index (χ0v) is 11.8. The molecule has 8 heteroatoms. The zero-order valence-electron chi connectivity index (χ0n) is 11.8. The number of carbonyl (C=O) groups excluding carboxylic acids is 1. The second-order valence-electron chi connectivity index (χ2n) is 5.42. The summed E-state index contributed by atoms with van der Waals surface area (Å²) in [6.07, 6.45) is -5.90. The minimum atomic E-state index is -1.75. The van der Waals surface area contributed by atoms with Crippen molar-refractivity contribution in [2.24, 2.45) is 10.6 Å². The maximum Gasteiger partial charge on any atom is 0.178 e. The first-order valence-electron chi connectivity index (χ1n) is 6.13. The van der Waals surface area contributed by atoms with Crippen molar-refractivity contribution >= 4 is 12.0 Å². The van der Waals surface area contributed by atoms with E-state index in [-0.39, 0.29) is 12.4 Å². The van der Waals surface area contributed by atoms with Crippen LogP contribution in [-0.4, -0.2) is 75.2 Å². The molecule has 0 heterocycles. The van der Waals surface area contributed by atoms with Crippen LogP contribution in [0.25, 0.3) is 0 Å². The molecule has 0 spiro atoms. The summed E-state index contributed by atoms with van der Waals surface area (Å²) >= 11 is 0. The maximum atomic E-state index is 11.5. The Hall–Kier alpha value is -1.06. The van der Waals surface area contributed by atoms with Gasteiger partial charge in [-0.15, -0.1) is 0 Å². The topological polar surface area (TPSA) is 140 Å². The van der Waals surface area contributed by atoms with E-state index in [1.807, 2.05) is 0 Å². The number of aliphatic hydroxyl groups is 5. The van der Waals surface area contributed by atoms with Crippen LogP contribution >= 0.6 is 0 Å². The van der Waals surface area contributed by atoms with E-state index in [0.717, 1.165) is 6.21 Å². The molecule has 0 saturated heterocycles. The van der Waals surface area contributed by atoms with Gasteiger partial charge in [0.1, 0.15) is 24.4 Å². The third kappa shape index (κ3) is 6.40. The van der Waals surface area contributed by atoms with Crippen molar-refractivity contribution in [1.82, 2.24) is 0 Å². The Morgan fingerprint density at radius 1 is 1.20 bits per heavy atom. The first-order chi connectivity index (χ1) is 9.11. The van der Waals surface area contributed by atoms with Crippen LogP contribution in [0.3, 0.4) is 0 Å². The highest BCUT2D eigenvalue weighted by Crippen LogP contribution is 2.14. The van der Waals surface area contributed by atoms with E-state index in [1.165, 1.54) is 0 Å². The molecule has 1 unspecified atom stereocenters. The molecule has 0 aromatic carbocycles. The van der Waals surface area contributed by atoms with E-state index in [4.69, 9.17) is 10.2 Å². The van der Waals surface area contributed by atoms with Gasteiger partial charge in [-0.2, -0.15) is 0 Å². The summed E-state index contributed by atoms with van der Waals surface area (Å²) in [5, 5.41) is 49.2. The fourth-order valence-corrected chi connectivity index (χ4v) is 1.04. The quantitative estimate of drug-likeness (QED) is 0.258. The normalized spacial score (nSPS) is 18.6. The predicted octanol–water partition coefficient (Wildman–Crippen LogP) is -1.96. The number of hydrogen-bond donors (Lipinski definition) is 5. The fourth-order valence-electron chi connectivity index (χ4n) is 1.04. The molecule has 5 N–H and O–H groups in total. The van der Waals surface area contributed by atoms with Crippen molar-refractivity contribution in [2.45, 2.75) is 45.2 Å². The van der Waals surface area contributed by atoms with Gasteiger partial charge in [0.05, 0.1) is 12.8 Å². The van der Waals surface area contributed by atoms with Crippen molar-refractivity contribution in [2.75, 3.05) is 13.2 Å². The molecule has 0 bridgehead atoms. The summed E-state index contributed by atoms with van der Waals surface area (Å²) in [5.41, 5.74) is -0.574. The highest BCUT2D eigenvalue weighted by molar-refractivity contribution is 5.84. The molecule has 4 atom stereocenters. The smallest absolute Gasteiger partial charge is 0.178 e. The number of oxime groups is 1. The van der Waals surface area contributed by atoms with E-state index in [9.17, 15) is 20.1 Å². The summed E-state index contributed by atoms with van der Waals surface area (Å²) in [6.45, 7) is 4.10. The molecule has 0 amide bonds. The fraction of sp³-hybridized carbons (Fsp3) is 0.833. The molecule has 118 valence electrons. The zero-order chi connectivity index (χ0) is 15.9. The van der Waals surface area contributed by atoms with Crippen LogP contribution in [-0.2, 0) is 9.63 Å². The van der Waals surface area contributed by atoms with Gasteiger partial charge >= 0.3 is 0 Å². The van der Waals surface area contributed by atoms with Gasteiger partial charge in [-0.3, -0.25) is 4.79 Å². The average Bonchev–Trinajstić information content (AvgIpc) is 2.39. The largest absolute Gasteiger partial charge is 0.394 e. The lowest BCUT2D eigenvalue weighted by Gasteiger charge is -2.23. The molecule has 0 aromatic heterocycles. The molecule has 0 aliphatic heterocycles. The Balaban J connectivity index is 4.23. The van der Waals surface area contributed by atoms with Crippen LogP contribution < -0.4 is 0 Å². The van der Waals surface area contributed by atoms with Gasteiger partial charge in [0.15, 0.2) is 12.4 Å². The second kappa shape index (κ2) is 8.28. The van der Waals surface area contributed by atoms with Crippen molar-refractivity contribution in [3.63, 3.8) is 0 Å². The molecule has 20 heavy (non-hydrogen) atoms. The molecular formula is C12H23NO7. The van der Waals surface area contributed by atoms with E-state index in [2.05, 4.69) is 9.99 Å². The molecule has 0 saturated carbocycles. The lowest BCUT2D eigenvalue weighted by atomic mass is 9.91. The number of hydrogen-bond acceptors (Lipinski definition) is 8. The van der Waals surface area contributed by atoms with Gasteiger partial charge in [0, 0.05) is 5.41 Å². The van der Waals surface area contributed by atoms with E-state index in [1.54, 1.807) is 20.8 Å². The Morgan fingerprint density at radius 2 is 1.75 bits per heavy atom. The van der Waals surface area contributed by atoms with Gasteiger partial charge in [-0.05, 0) is 0 Å². The van der Waals surface area contributed by atoms with Crippen LogP contribution in [0.15, 0.2) is 5.16 Å². The van der Waals surface area contributed by atoms with Gasteiger partial charge in [-0.25, -0.2) is 0 Å². The highest BCUT2D eigenvalue weighted by atomic mass is 16.6. The average molecular weight is 293 g/mol. The molecule has 0 rings (SSSR count). The number of nitrogens with zero attached hydrogens (tertiary/aromatic N) is 1. The Bertz CT molecular complexity index is 326. The number of aliphatic hydroxyl groups excluding tert-OH is 5. The van der Waals surface area contributed by atoms with E-state index < -0.39 is 36.4 Å². The van der Waals surface area contributed by atoms with Crippen molar-refractivity contribution in [1.29, 1.82) is 0 Å². The van der Waals surface area contributed by atoms with Gasteiger partial charge in [-0.1, -0.05) is 25.9 Å². The van der Waals surface area contributed by atoms with Crippen LogP contribution in [0.4, 0.5) is 0 Å². The molecule has 0 aliphatic carbocycles. The molecule has 0 aliphatic rings. The van der Waals surface area contributed by atoms with Crippen molar-refractivity contribution in [3.05, 3.63) is 0 Å². The monoisotopic (exact) mass is 293 g/mol. The summed E-state index contributed by atoms with van der Waals surface area (Å²) in [7, 11) is 0. The minimum absolute atomic E-state index is 0.194. The van der Waals surface area contributed by atoms with Gasteiger partial charge < -0.3 is 30.4 Å². The van der Waals surface area contributed by atoms with Crippen LogP contribution in [0.2, 0.25) is 0 Å². The first kappa shape index (κ1) is 18.9. The lowest BCUT2D eigenvalue weighted by molar-refractivity contribution is -0.131. The molecule has 0 radical (unpaired) electrons. The Morgan fingerprint density at radius 3 is 2.20 bits per heavy atom. The number of Topliss-reactive ketones (excluding diaryl/α,β-unsaturated/α-hetero) is 1. The number of ketones is 1. The number of carbonyl (C=O) groups is 1. The molecule has 0 aromatic rings. The predicted molar refractivity (Wildman–Crippen MR) is 70.0 cm³/mol. The van der Waals surface area contributed by atoms with Gasteiger partial charge in [0.25, 0.3) is 0 Å². The van der Waals surface area contributed by atoms with Crippen LogP contribution in [0.5, 0.6) is 0 Å². The van der Waals surface area contributed by atoms with Crippen LogP contribution in [0, 0.1) is 5.41 Å². The van der Waals surface area contributed by atoms with Crippen LogP contribution in [0.1, 0.15) is 20.8 Å². The first-order valence-corrected chi connectivity index (χ1v) is 6.13. The second-order valence-corrected chi connectivity index (χ2v) is 5.42. The summed E-state index contributed by atoms with van der Waals surface area (Å²) in [5.74, 6) is -0.194. The third-order valence-electron chi connectivity index (χ3n) is 2.60. The van der Waals surface area contributed by atoms with E-state index >= 15 is 0 Å².